The number of rotatable bonds is 10. The molecule has 2 aromatic carbocycles. The highest BCUT2D eigenvalue weighted by molar-refractivity contribution is 7.89. The van der Waals surface area contributed by atoms with E-state index in [1.807, 2.05) is 29.4 Å². The number of hydrazine groups is 1. The summed E-state index contributed by atoms with van der Waals surface area (Å²) in [5, 5.41) is 11.3. The minimum Gasteiger partial charge on any atom is -0.593 e. The molecule has 9 nitrogen and oxygen atoms in total. The molecule has 3 aromatic rings. The lowest BCUT2D eigenvalue weighted by Gasteiger charge is -2.35. The van der Waals surface area contributed by atoms with E-state index >= 15 is 0 Å². The van der Waals surface area contributed by atoms with Crippen molar-refractivity contribution in [3.05, 3.63) is 76.5 Å². The van der Waals surface area contributed by atoms with E-state index in [9.17, 15) is 23.2 Å². The molecule has 1 saturated heterocycles. The summed E-state index contributed by atoms with van der Waals surface area (Å²) in [6.45, 7) is 4.25. The first-order valence-corrected chi connectivity index (χ1v) is 16.6. The molecule has 45 heavy (non-hydrogen) atoms. The third kappa shape index (κ3) is 6.60. The van der Waals surface area contributed by atoms with Crippen LogP contribution in [0.2, 0.25) is 0 Å². The maximum Gasteiger partial charge on any atom is 0.304 e. The van der Waals surface area contributed by atoms with Crippen molar-refractivity contribution in [3.8, 4) is 0 Å². The van der Waals surface area contributed by atoms with Gasteiger partial charge in [-0.1, -0.05) is 24.3 Å². The molecule has 12 heteroatoms. The minimum absolute atomic E-state index is 0.127. The molecule has 3 heterocycles. The standard InChI is InChI=1S/C33H40F2N6O3S/c1-20-7-10-22(15-23(20)18-39-19-24-5-2-3-14-40(24)33-28(45(39)44)6-4-13-38-33)26(16-29(42)43)25-11-12-27(31(36)30(25)32(34)35)41(37)17-21-8-9-21/h4,6-7,10-13,15,21,24,26,32H,2-3,5,8-9,14,16-19,36-37H2,1H3,(H,42,43)/t24-,26-,45?/m0/s1. The second-order valence-electron chi connectivity index (χ2n) is 12.5. The topological polar surface area (TPSA) is 135 Å². The van der Waals surface area contributed by atoms with Crippen LogP contribution in [0.5, 0.6) is 0 Å². The van der Waals surface area contributed by atoms with Gasteiger partial charge < -0.3 is 25.3 Å². The van der Waals surface area contributed by atoms with Gasteiger partial charge in [-0.2, -0.15) is 0 Å². The Kier molecular flexibility index (Phi) is 9.19. The molecule has 0 spiro atoms. The van der Waals surface area contributed by atoms with Crippen molar-refractivity contribution < 1.29 is 23.2 Å². The summed E-state index contributed by atoms with van der Waals surface area (Å²) >= 11 is -1.48. The number of nitrogens with two attached hydrogens (primary N) is 2. The summed E-state index contributed by atoms with van der Waals surface area (Å²) in [5.41, 5.74) is 8.66. The van der Waals surface area contributed by atoms with Crippen molar-refractivity contribution in [2.24, 2.45) is 11.8 Å². The normalized spacial score (nSPS) is 20.8. The Labute approximate surface area is 265 Å². The number of carbonyl (C=O) groups is 1. The van der Waals surface area contributed by atoms with Gasteiger partial charge in [-0.25, -0.2) is 19.6 Å². The van der Waals surface area contributed by atoms with Gasteiger partial charge in [0.1, 0.15) is 0 Å². The van der Waals surface area contributed by atoms with Gasteiger partial charge in [0, 0.05) is 42.9 Å². The van der Waals surface area contributed by atoms with Crippen LogP contribution in [0.3, 0.4) is 0 Å². The molecule has 3 aliphatic rings. The Bertz CT molecular complexity index is 1560. The fourth-order valence-corrected chi connectivity index (χ4v) is 8.10. The van der Waals surface area contributed by atoms with Gasteiger partial charge in [0.15, 0.2) is 5.82 Å². The number of nitrogens with zero attached hydrogens (tertiary/aromatic N) is 4. The number of fused-ring (bicyclic) bond motifs is 3. The predicted molar refractivity (Wildman–Crippen MR) is 171 cm³/mol. The van der Waals surface area contributed by atoms with E-state index in [4.69, 9.17) is 11.6 Å². The number of aliphatic carboxylic acids is 1. The van der Waals surface area contributed by atoms with E-state index in [2.05, 4.69) is 9.88 Å². The SMILES string of the molecule is Cc1ccc([C@H](CC(=O)O)c2ccc(N(N)CC3CC3)c(N)c2C(F)F)cc1CN1C[C@@H]2CCCCN2c2ncccc2[S+]1[O-]. The van der Waals surface area contributed by atoms with E-state index in [0.29, 0.717) is 41.7 Å². The number of aromatic nitrogens is 1. The third-order valence-corrected chi connectivity index (χ3v) is 10.8. The molecular weight excluding hydrogens is 598 g/mol. The molecule has 1 saturated carbocycles. The van der Waals surface area contributed by atoms with Crippen LogP contribution in [0, 0.1) is 12.8 Å². The van der Waals surface area contributed by atoms with Crippen LogP contribution in [0.25, 0.3) is 0 Å². The van der Waals surface area contributed by atoms with Crippen molar-refractivity contribution >= 4 is 34.5 Å². The zero-order valence-corrected chi connectivity index (χ0v) is 26.2. The van der Waals surface area contributed by atoms with E-state index in [1.54, 1.807) is 30.5 Å². The first kappa shape index (κ1) is 31.5. The van der Waals surface area contributed by atoms with Crippen LogP contribution in [0.15, 0.2) is 53.6 Å². The number of piperidine rings is 1. The van der Waals surface area contributed by atoms with Gasteiger partial charge in [-0.15, -0.1) is 4.31 Å². The molecule has 2 aliphatic heterocycles. The molecule has 3 atom stereocenters. The summed E-state index contributed by atoms with van der Waals surface area (Å²) in [4.78, 5) is 19.7. The first-order valence-electron chi connectivity index (χ1n) is 15.5. The Balaban J connectivity index is 1.35. The Morgan fingerprint density at radius 2 is 2.00 bits per heavy atom. The summed E-state index contributed by atoms with van der Waals surface area (Å²) < 4.78 is 45.3. The number of nitrogen functional groups attached to an aromatic ring is 1. The highest BCUT2D eigenvalue weighted by atomic mass is 32.2. The molecule has 1 aliphatic carbocycles. The van der Waals surface area contributed by atoms with Gasteiger partial charge in [-0.05, 0) is 79.3 Å². The van der Waals surface area contributed by atoms with E-state index in [1.165, 1.54) is 5.01 Å². The van der Waals surface area contributed by atoms with Gasteiger partial charge >= 0.3 is 5.97 Å². The number of anilines is 3. The van der Waals surface area contributed by atoms with Gasteiger partial charge in [0.05, 0.1) is 42.2 Å². The van der Waals surface area contributed by atoms with E-state index in [-0.39, 0.29) is 22.9 Å². The fourth-order valence-electron chi connectivity index (χ4n) is 6.74. The highest BCUT2D eigenvalue weighted by Crippen LogP contribution is 2.43. The van der Waals surface area contributed by atoms with Crippen LogP contribution >= 0.6 is 0 Å². The molecular formula is C33H40F2N6O3S. The molecule has 0 radical (unpaired) electrons. The lowest BCUT2D eigenvalue weighted by atomic mass is 9.83. The number of benzene rings is 2. The second kappa shape index (κ2) is 13.1. The lowest BCUT2D eigenvalue weighted by Crippen LogP contribution is -2.45. The van der Waals surface area contributed by atoms with Crippen molar-refractivity contribution in [1.82, 2.24) is 9.29 Å². The van der Waals surface area contributed by atoms with Crippen LogP contribution in [0.4, 0.5) is 26.0 Å². The molecule has 6 rings (SSSR count). The molecule has 0 bridgehead atoms. The molecule has 2 fully saturated rings. The Hall–Kier alpha value is -3.45. The largest absolute Gasteiger partial charge is 0.593 e. The minimum atomic E-state index is -2.93. The zero-order valence-electron chi connectivity index (χ0n) is 25.4. The third-order valence-electron chi connectivity index (χ3n) is 9.34. The Morgan fingerprint density at radius 1 is 1.20 bits per heavy atom. The maximum absolute atomic E-state index is 14.7. The lowest BCUT2D eigenvalue weighted by molar-refractivity contribution is -0.137. The summed E-state index contributed by atoms with van der Waals surface area (Å²) in [6.07, 6.45) is 3.60. The molecule has 1 aromatic heterocycles. The number of hydrogen-bond donors (Lipinski definition) is 3. The summed E-state index contributed by atoms with van der Waals surface area (Å²) in [6, 6.07) is 12.5. The van der Waals surface area contributed by atoms with Gasteiger partial charge in [0.2, 0.25) is 4.90 Å². The highest BCUT2D eigenvalue weighted by Gasteiger charge is 2.39. The number of halogens is 2. The molecule has 240 valence electrons. The number of carboxylic acid groups (broad SMARTS) is 1. The zero-order chi connectivity index (χ0) is 31.8. The number of carboxylic acids is 1. The van der Waals surface area contributed by atoms with Crippen molar-refractivity contribution in [1.29, 1.82) is 0 Å². The van der Waals surface area contributed by atoms with Gasteiger partial charge in [0.25, 0.3) is 6.43 Å². The fraction of sp³-hybridized carbons (Fsp3) is 0.455. The summed E-state index contributed by atoms with van der Waals surface area (Å²) in [5.74, 6) is 5.40. The monoisotopic (exact) mass is 638 g/mol. The number of hydrogen-bond acceptors (Lipinski definition) is 8. The van der Waals surface area contributed by atoms with Crippen LogP contribution in [0.1, 0.15) is 78.7 Å². The summed E-state index contributed by atoms with van der Waals surface area (Å²) in [7, 11) is 0. The maximum atomic E-state index is 14.7. The molecule has 1 unspecified atom stereocenters. The van der Waals surface area contributed by atoms with Crippen LogP contribution in [-0.4, -0.2) is 50.6 Å². The quantitative estimate of drug-likeness (QED) is 0.114. The number of alkyl halides is 2. The first-order chi connectivity index (χ1) is 21.6. The Morgan fingerprint density at radius 3 is 2.73 bits per heavy atom. The van der Waals surface area contributed by atoms with Crippen LogP contribution < -0.4 is 21.5 Å². The second-order valence-corrected chi connectivity index (χ2v) is 13.9. The van der Waals surface area contributed by atoms with Gasteiger partial charge in [-0.3, -0.25) is 4.79 Å². The number of pyridine rings is 1. The average molecular weight is 639 g/mol. The number of aryl methyl sites for hydroxylation is 1. The van der Waals surface area contributed by atoms with Crippen molar-refractivity contribution in [2.45, 2.75) is 75.3 Å². The van der Waals surface area contributed by atoms with E-state index < -0.39 is 36.1 Å². The predicted octanol–water partition coefficient (Wildman–Crippen LogP) is 5.50. The average Bonchev–Trinajstić information content (AvgIpc) is 3.84. The van der Waals surface area contributed by atoms with Crippen LogP contribution in [-0.2, 0) is 22.7 Å². The molecule has 5 N–H and O–H groups in total. The molecule has 0 amide bonds. The van der Waals surface area contributed by atoms with E-state index in [0.717, 1.165) is 55.6 Å². The smallest absolute Gasteiger partial charge is 0.304 e. The van der Waals surface area contributed by atoms with Crippen molar-refractivity contribution in [3.63, 3.8) is 0 Å². The van der Waals surface area contributed by atoms with Crippen molar-refractivity contribution in [2.75, 3.05) is 35.3 Å².